The van der Waals surface area contributed by atoms with Gasteiger partial charge in [-0.15, -0.1) is 0 Å². The molecule has 1 amide bonds. The average Bonchev–Trinajstić information content (AvgIpc) is 3.04. The molecule has 0 spiro atoms. The Hall–Kier alpha value is -4.05. The number of esters is 1. The minimum atomic E-state index is -0.655. The molecule has 7 nitrogen and oxygen atoms in total. The number of methoxy groups -OCH3 is 1. The van der Waals surface area contributed by atoms with Gasteiger partial charge in [0.2, 0.25) is 5.91 Å². The van der Waals surface area contributed by atoms with Crippen molar-refractivity contribution in [3.63, 3.8) is 0 Å². The number of hydrogen-bond acceptors (Lipinski definition) is 5. The summed E-state index contributed by atoms with van der Waals surface area (Å²) in [5, 5.41) is 12.1. The van der Waals surface area contributed by atoms with E-state index in [0.717, 1.165) is 5.56 Å². The first-order chi connectivity index (χ1) is 13.5. The van der Waals surface area contributed by atoms with Crippen LogP contribution in [0.1, 0.15) is 21.6 Å². The molecule has 3 N–H and O–H groups in total. The zero-order chi connectivity index (χ0) is 20.1. The average molecular weight is 374 g/mol. The maximum absolute atomic E-state index is 12.3. The number of nitrogen functional groups attached to an aromatic ring is 1. The highest BCUT2D eigenvalue weighted by molar-refractivity contribution is 5.96. The molecule has 0 atom stereocenters. The highest BCUT2D eigenvalue weighted by atomic mass is 16.5. The number of nitrogens with zero attached hydrogens (tertiary/aromatic N) is 2. The van der Waals surface area contributed by atoms with E-state index in [9.17, 15) is 14.9 Å². The van der Waals surface area contributed by atoms with Gasteiger partial charge in [0.1, 0.15) is 6.07 Å². The van der Waals surface area contributed by atoms with Crippen LogP contribution in [0.2, 0.25) is 0 Å². The summed E-state index contributed by atoms with van der Waals surface area (Å²) in [5.74, 6) is -0.821. The minimum absolute atomic E-state index is 0.0490. The Kier molecular flexibility index (Phi) is 5.42. The molecule has 28 heavy (non-hydrogen) atoms. The monoisotopic (exact) mass is 374 g/mol. The Morgan fingerprint density at radius 3 is 2.61 bits per heavy atom. The molecule has 0 radical (unpaired) electrons. The second-order valence-electron chi connectivity index (χ2n) is 6.04. The molecular formula is C21H18N4O3. The highest BCUT2D eigenvalue weighted by Crippen LogP contribution is 2.26. The van der Waals surface area contributed by atoms with Crippen molar-refractivity contribution >= 4 is 23.3 Å². The molecule has 0 bridgehead atoms. The zero-order valence-electron chi connectivity index (χ0n) is 15.2. The van der Waals surface area contributed by atoms with Crippen molar-refractivity contribution in [1.82, 2.24) is 4.57 Å². The number of benzene rings is 2. The number of hydrogen-bond donors (Lipinski definition) is 2. The van der Waals surface area contributed by atoms with E-state index in [1.54, 1.807) is 24.3 Å². The molecule has 3 aromatic rings. The van der Waals surface area contributed by atoms with Crippen LogP contribution < -0.4 is 11.1 Å². The molecule has 0 saturated carbocycles. The predicted octanol–water partition coefficient (Wildman–Crippen LogP) is 2.90. The molecule has 0 aliphatic rings. The first-order valence-electron chi connectivity index (χ1n) is 8.47. The third kappa shape index (κ3) is 3.86. The van der Waals surface area contributed by atoms with Crippen LogP contribution in [-0.2, 0) is 16.0 Å². The van der Waals surface area contributed by atoms with E-state index in [1.807, 2.05) is 36.4 Å². The van der Waals surface area contributed by atoms with Gasteiger partial charge in [-0.3, -0.25) is 4.79 Å². The standard InChI is InChI=1S/C21H18N4O3/c1-28-21(27)20-19(23)15(12-22)13-25(20)17-9-5-8-16(11-17)24-18(26)10-14-6-3-2-4-7-14/h2-9,11,13H,10,23H2,1H3,(H,24,26). The lowest BCUT2D eigenvalue weighted by Gasteiger charge is -2.11. The highest BCUT2D eigenvalue weighted by Gasteiger charge is 2.21. The molecule has 0 aliphatic heterocycles. The molecule has 0 aliphatic carbocycles. The van der Waals surface area contributed by atoms with Crippen molar-refractivity contribution in [3.8, 4) is 11.8 Å². The summed E-state index contributed by atoms with van der Waals surface area (Å²) in [7, 11) is 1.24. The van der Waals surface area contributed by atoms with Gasteiger partial charge in [-0.1, -0.05) is 36.4 Å². The first kappa shape index (κ1) is 18.7. The van der Waals surface area contributed by atoms with Crippen molar-refractivity contribution in [3.05, 3.63) is 77.6 Å². The predicted molar refractivity (Wildman–Crippen MR) is 105 cm³/mol. The van der Waals surface area contributed by atoms with Gasteiger partial charge in [0, 0.05) is 17.6 Å². The van der Waals surface area contributed by atoms with E-state index < -0.39 is 5.97 Å². The fraction of sp³-hybridized carbons (Fsp3) is 0.0952. The van der Waals surface area contributed by atoms with Crippen LogP contribution in [0.3, 0.4) is 0 Å². The fourth-order valence-corrected chi connectivity index (χ4v) is 2.84. The van der Waals surface area contributed by atoms with Crippen LogP contribution in [0.15, 0.2) is 60.8 Å². The number of aromatic nitrogens is 1. The van der Waals surface area contributed by atoms with Crippen molar-refractivity contribution in [2.75, 3.05) is 18.2 Å². The van der Waals surface area contributed by atoms with Crippen molar-refractivity contribution < 1.29 is 14.3 Å². The van der Waals surface area contributed by atoms with Crippen LogP contribution in [0.5, 0.6) is 0 Å². The molecule has 140 valence electrons. The van der Waals surface area contributed by atoms with Gasteiger partial charge in [0.15, 0.2) is 5.69 Å². The second kappa shape index (κ2) is 8.10. The number of nitriles is 1. The smallest absolute Gasteiger partial charge is 0.357 e. The molecule has 1 heterocycles. The lowest BCUT2D eigenvalue weighted by molar-refractivity contribution is -0.115. The summed E-state index contributed by atoms with van der Waals surface area (Å²) in [6.45, 7) is 0. The van der Waals surface area contributed by atoms with Gasteiger partial charge < -0.3 is 20.4 Å². The molecule has 7 heteroatoms. The second-order valence-corrected chi connectivity index (χ2v) is 6.04. The third-order valence-electron chi connectivity index (χ3n) is 4.16. The summed E-state index contributed by atoms with van der Waals surface area (Å²) in [6.07, 6.45) is 1.71. The van der Waals surface area contributed by atoms with Crippen molar-refractivity contribution in [2.45, 2.75) is 6.42 Å². The van der Waals surface area contributed by atoms with Gasteiger partial charge in [-0.05, 0) is 23.8 Å². The van der Waals surface area contributed by atoms with E-state index >= 15 is 0 Å². The largest absolute Gasteiger partial charge is 0.464 e. The topological polar surface area (TPSA) is 110 Å². The molecule has 3 rings (SSSR count). The zero-order valence-corrected chi connectivity index (χ0v) is 15.2. The molecule has 0 saturated heterocycles. The molecule has 2 aromatic carbocycles. The van der Waals surface area contributed by atoms with Gasteiger partial charge in [-0.25, -0.2) is 4.79 Å². The Morgan fingerprint density at radius 2 is 1.93 bits per heavy atom. The molecular weight excluding hydrogens is 356 g/mol. The Morgan fingerprint density at radius 1 is 1.18 bits per heavy atom. The number of anilines is 2. The molecule has 0 unspecified atom stereocenters. The number of nitrogens with one attached hydrogen (secondary N) is 1. The fourth-order valence-electron chi connectivity index (χ4n) is 2.84. The summed E-state index contributed by atoms with van der Waals surface area (Å²) in [6, 6.07) is 18.3. The van der Waals surface area contributed by atoms with Crippen LogP contribution in [0.25, 0.3) is 5.69 Å². The van der Waals surface area contributed by atoms with E-state index in [0.29, 0.717) is 11.4 Å². The number of carbonyl (C=O) groups is 2. The lowest BCUT2D eigenvalue weighted by atomic mass is 10.1. The van der Waals surface area contributed by atoms with Crippen LogP contribution in [0, 0.1) is 11.3 Å². The molecule has 1 aromatic heterocycles. The Balaban J connectivity index is 1.89. The number of nitrogens with two attached hydrogens (primary N) is 1. The third-order valence-corrected chi connectivity index (χ3v) is 4.16. The van der Waals surface area contributed by atoms with E-state index in [4.69, 9.17) is 10.5 Å². The van der Waals surface area contributed by atoms with Crippen LogP contribution in [-0.4, -0.2) is 23.6 Å². The van der Waals surface area contributed by atoms with E-state index in [1.165, 1.54) is 17.9 Å². The van der Waals surface area contributed by atoms with Crippen molar-refractivity contribution in [2.24, 2.45) is 0 Å². The Bertz CT molecular complexity index is 1060. The lowest BCUT2D eigenvalue weighted by Crippen LogP contribution is -2.15. The van der Waals surface area contributed by atoms with Crippen LogP contribution >= 0.6 is 0 Å². The summed E-state index contributed by atoms with van der Waals surface area (Å²) < 4.78 is 6.26. The van der Waals surface area contributed by atoms with E-state index in [-0.39, 0.29) is 29.3 Å². The first-order valence-corrected chi connectivity index (χ1v) is 8.47. The van der Waals surface area contributed by atoms with Gasteiger partial charge in [-0.2, -0.15) is 5.26 Å². The van der Waals surface area contributed by atoms with Crippen LogP contribution in [0.4, 0.5) is 11.4 Å². The summed E-state index contributed by atoms with van der Waals surface area (Å²) in [4.78, 5) is 24.4. The van der Waals surface area contributed by atoms with Gasteiger partial charge in [0.05, 0.1) is 24.8 Å². The number of rotatable bonds is 5. The Labute approximate surface area is 162 Å². The molecule has 0 fully saturated rings. The van der Waals surface area contributed by atoms with Gasteiger partial charge in [0.25, 0.3) is 0 Å². The number of amides is 1. The number of carbonyl (C=O) groups excluding carboxylic acids is 2. The normalized spacial score (nSPS) is 10.1. The summed E-state index contributed by atoms with van der Waals surface area (Å²) >= 11 is 0. The maximum atomic E-state index is 12.3. The number of ether oxygens (including phenoxy) is 1. The van der Waals surface area contributed by atoms with Gasteiger partial charge >= 0.3 is 5.97 Å². The van der Waals surface area contributed by atoms with E-state index in [2.05, 4.69) is 5.32 Å². The SMILES string of the molecule is COC(=O)c1c(N)c(C#N)cn1-c1cccc(NC(=O)Cc2ccccc2)c1. The maximum Gasteiger partial charge on any atom is 0.357 e. The minimum Gasteiger partial charge on any atom is -0.464 e. The summed E-state index contributed by atoms with van der Waals surface area (Å²) in [5.41, 5.74) is 8.22. The quantitative estimate of drug-likeness (QED) is 0.667. The van der Waals surface area contributed by atoms with Crippen molar-refractivity contribution in [1.29, 1.82) is 5.26 Å².